The maximum absolute atomic E-state index is 12.1. The van der Waals surface area contributed by atoms with Crippen molar-refractivity contribution in [1.29, 1.82) is 0 Å². The number of hydrogen-bond acceptors (Lipinski definition) is 5. The lowest BCUT2D eigenvalue weighted by molar-refractivity contribution is 0.0916. The van der Waals surface area contributed by atoms with Gasteiger partial charge < -0.3 is 14.9 Å². The number of nitrogens with one attached hydrogen (secondary N) is 1. The van der Waals surface area contributed by atoms with E-state index in [1.807, 2.05) is 6.92 Å². The standard InChI is InChI=1S/C14H17N3O3/c1-8-11-5-10(7-16-14(11)20-17-8)13(19)15-6-9-3-2-4-12(9)18/h5,7,9,12,18H,2-4,6H2,1H3,(H,15,19). The lowest BCUT2D eigenvalue weighted by Crippen LogP contribution is -2.32. The summed E-state index contributed by atoms with van der Waals surface area (Å²) in [6, 6.07) is 1.73. The Kier molecular flexibility index (Phi) is 3.40. The Morgan fingerprint density at radius 2 is 2.40 bits per heavy atom. The summed E-state index contributed by atoms with van der Waals surface area (Å²) in [6.45, 7) is 2.31. The van der Waals surface area contributed by atoms with Crippen LogP contribution in [0.2, 0.25) is 0 Å². The minimum atomic E-state index is -0.295. The van der Waals surface area contributed by atoms with Gasteiger partial charge in [-0.3, -0.25) is 4.79 Å². The number of aromatic nitrogens is 2. The lowest BCUT2D eigenvalue weighted by Gasteiger charge is -2.14. The van der Waals surface area contributed by atoms with E-state index in [0.717, 1.165) is 24.6 Å². The van der Waals surface area contributed by atoms with Crippen molar-refractivity contribution >= 4 is 17.0 Å². The van der Waals surface area contributed by atoms with Gasteiger partial charge in [0.25, 0.3) is 11.6 Å². The van der Waals surface area contributed by atoms with Crippen LogP contribution in [-0.2, 0) is 0 Å². The van der Waals surface area contributed by atoms with Gasteiger partial charge in [0.1, 0.15) is 0 Å². The van der Waals surface area contributed by atoms with Gasteiger partial charge in [-0.05, 0) is 25.8 Å². The zero-order valence-corrected chi connectivity index (χ0v) is 11.3. The van der Waals surface area contributed by atoms with Gasteiger partial charge in [-0.25, -0.2) is 4.98 Å². The van der Waals surface area contributed by atoms with Crippen LogP contribution in [0.5, 0.6) is 0 Å². The topological polar surface area (TPSA) is 88.2 Å². The van der Waals surface area contributed by atoms with Crippen LogP contribution in [0, 0.1) is 12.8 Å². The van der Waals surface area contributed by atoms with Crippen molar-refractivity contribution < 1.29 is 14.4 Å². The molecule has 1 aliphatic carbocycles. The molecule has 1 aliphatic rings. The third kappa shape index (κ3) is 2.38. The van der Waals surface area contributed by atoms with Crippen LogP contribution in [0.15, 0.2) is 16.8 Å². The van der Waals surface area contributed by atoms with Gasteiger partial charge in [0.2, 0.25) is 0 Å². The maximum atomic E-state index is 12.1. The summed E-state index contributed by atoms with van der Waals surface area (Å²) in [4.78, 5) is 16.2. The average Bonchev–Trinajstić information content (AvgIpc) is 3.03. The predicted molar refractivity (Wildman–Crippen MR) is 72.2 cm³/mol. The number of aliphatic hydroxyl groups excluding tert-OH is 1. The van der Waals surface area contributed by atoms with Gasteiger partial charge in [0, 0.05) is 18.7 Å². The highest BCUT2D eigenvalue weighted by Crippen LogP contribution is 2.24. The number of nitrogens with zero attached hydrogens (tertiary/aromatic N) is 2. The molecule has 6 heteroatoms. The molecule has 106 valence electrons. The van der Waals surface area contributed by atoms with E-state index in [9.17, 15) is 9.90 Å². The van der Waals surface area contributed by atoms with Crippen molar-refractivity contribution in [3.05, 3.63) is 23.5 Å². The molecule has 20 heavy (non-hydrogen) atoms. The molecule has 0 saturated heterocycles. The molecule has 0 radical (unpaired) electrons. The van der Waals surface area contributed by atoms with E-state index in [0.29, 0.717) is 23.5 Å². The summed E-state index contributed by atoms with van der Waals surface area (Å²) >= 11 is 0. The number of aryl methyl sites for hydroxylation is 1. The van der Waals surface area contributed by atoms with E-state index in [1.165, 1.54) is 6.20 Å². The number of hydrogen-bond donors (Lipinski definition) is 2. The van der Waals surface area contributed by atoms with E-state index in [-0.39, 0.29) is 17.9 Å². The number of pyridine rings is 1. The summed E-state index contributed by atoms with van der Waals surface area (Å²) in [5.74, 6) is -0.0212. The Hall–Kier alpha value is -1.95. The van der Waals surface area contributed by atoms with E-state index < -0.39 is 0 Å². The van der Waals surface area contributed by atoms with Gasteiger partial charge in [-0.2, -0.15) is 0 Å². The Balaban J connectivity index is 1.70. The van der Waals surface area contributed by atoms with E-state index >= 15 is 0 Å². The van der Waals surface area contributed by atoms with Gasteiger partial charge >= 0.3 is 0 Å². The molecule has 2 N–H and O–H groups in total. The smallest absolute Gasteiger partial charge is 0.257 e. The summed E-state index contributed by atoms with van der Waals surface area (Å²) in [5.41, 5.74) is 1.63. The van der Waals surface area contributed by atoms with Crippen molar-refractivity contribution in [2.75, 3.05) is 6.54 Å². The number of carbonyl (C=O) groups excluding carboxylic acids is 1. The summed E-state index contributed by atoms with van der Waals surface area (Å²) in [7, 11) is 0. The quantitative estimate of drug-likeness (QED) is 0.884. The third-order valence-corrected chi connectivity index (χ3v) is 3.92. The second-order valence-corrected chi connectivity index (χ2v) is 5.31. The fraction of sp³-hybridized carbons (Fsp3) is 0.500. The molecule has 6 nitrogen and oxygen atoms in total. The first-order valence-electron chi connectivity index (χ1n) is 6.83. The monoisotopic (exact) mass is 275 g/mol. The summed E-state index contributed by atoms with van der Waals surface area (Å²) < 4.78 is 5.01. The number of aliphatic hydroxyl groups is 1. The Labute approximate surface area is 116 Å². The molecule has 2 aromatic heterocycles. The summed E-state index contributed by atoms with van der Waals surface area (Å²) in [6.07, 6.45) is 4.00. The first-order valence-corrected chi connectivity index (χ1v) is 6.83. The van der Waals surface area contributed by atoms with Crippen molar-refractivity contribution in [1.82, 2.24) is 15.5 Å². The van der Waals surface area contributed by atoms with Crippen LogP contribution >= 0.6 is 0 Å². The van der Waals surface area contributed by atoms with Gasteiger partial charge in [0.15, 0.2) is 0 Å². The molecule has 2 heterocycles. The predicted octanol–water partition coefficient (Wildman–Crippen LogP) is 1.42. The Morgan fingerprint density at radius 1 is 1.55 bits per heavy atom. The van der Waals surface area contributed by atoms with Crippen molar-refractivity contribution in [2.45, 2.75) is 32.3 Å². The Bertz CT molecular complexity index is 638. The number of amides is 1. The molecule has 1 saturated carbocycles. The molecule has 0 bridgehead atoms. The molecule has 1 fully saturated rings. The molecular formula is C14H17N3O3. The number of rotatable bonds is 3. The molecule has 0 spiro atoms. The normalized spacial score (nSPS) is 22.3. The molecule has 2 aromatic rings. The van der Waals surface area contributed by atoms with Crippen LogP contribution in [0.1, 0.15) is 35.3 Å². The second kappa shape index (κ2) is 5.20. The first-order chi connectivity index (χ1) is 9.65. The highest BCUT2D eigenvalue weighted by atomic mass is 16.5. The number of fused-ring (bicyclic) bond motifs is 1. The molecule has 3 rings (SSSR count). The van der Waals surface area contributed by atoms with Gasteiger partial charge in [-0.1, -0.05) is 11.6 Å². The maximum Gasteiger partial charge on any atom is 0.257 e. The molecular weight excluding hydrogens is 258 g/mol. The van der Waals surface area contributed by atoms with Crippen LogP contribution in [0.25, 0.3) is 11.1 Å². The van der Waals surface area contributed by atoms with Crippen molar-refractivity contribution in [3.8, 4) is 0 Å². The highest BCUT2D eigenvalue weighted by molar-refractivity contribution is 5.96. The molecule has 0 aromatic carbocycles. The van der Waals surface area contributed by atoms with Gasteiger partial charge in [-0.15, -0.1) is 0 Å². The molecule has 1 amide bonds. The van der Waals surface area contributed by atoms with Gasteiger partial charge in [0.05, 0.1) is 22.7 Å². The molecule has 2 atom stereocenters. The minimum absolute atomic E-state index is 0.160. The zero-order valence-electron chi connectivity index (χ0n) is 11.3. The van der Waals surface area contributed by atoms with Crippen molar-refractivity contribution in [3.63, 3.8) is 0 Å². The highest BCUT2D eigenvalue weighted by Gasteiger charge is 2.25. The second-order valence-electron chi connectivity index (χ2n) is 5.31. The van der Waals surface area contributed by atoms with Crippen LogP contribution in [0.4, 0.5) is 0 Å². The fourth-order valence-electron chi connectivity index (χ4n) is 2.65. The summed E-state index contributed by atoms with van der Waals surface area (Å²) in [5, 5.41) is 17.2. The van der Waals surface area contributed by atoms with Crippen LogP contribution < -0.4 is 5.32 Å². The van der Waals surface area contributed by atoms with Crippen molar-refractivity contribution in [2.24, 2.45) is 5.92 Å². The number of carbonyl (C=O) groups is 1. The van der Waals surface area contributed by atoms with Crippen LogP contribution in [-0.4, -0.2) is 33.8 Å². The van der Waals surface area contributed by atoms with E-state index in [1.54, 1.807) is 6.07 Å². The Morgan fingerprint density at radius 3 is 3.15 bits per heavy atom. The molecule has 0 aliphatic heterocycles. The van der Waals surface area contributed by atoms with Crippen LogP contribution in [0.3, 0.4) is 0 Å². The first kappa shape index (κ1) is 13.1. The average molecular weight is 275 g/mol. The minimum Gasteiger partial charge on any atom is -0.393 e. The SMILES string of the molecule is Cc1noc2ncc(C(=O)NCC3CCCC3O)cc12. The molecule has 2 unspecified atom stereocenters. The fourth-order valence-corrected chi connectivity index (χ4v) is 2.65. The largest absolute Gasteiger partial charge is 0.393 e. The van der Waals surface area contributed by atoms with E-state index in [4.69, 9.17) is 4.52 Å². The third-order valence-electron chi connectivity index (χ3n) is 3.92. The zero-order chi connectivity index (χ0) is 14.1. The lowest BCUT2D eigenvalue weighted by atomic mass is 10.1. The van der Waals surface area contributed by atoms with E-state index in [2.05, 4.69) is 15.5 Å².